The van der Waals surface area contributed by atoms with Gasteiger partial charge in [-0.05, 0) is 31.0 Å². The van der Waals surface area contributed by atoms with Crippen molar-refractivity contribution in [2.45, 2.75) is 27.3 Å². The lowest BCUT2D eigenvalue weighted by Gasteiger charge is -2.27. The fourth-order valence-corrected chi connectivity index (χ4v) is 3.45. The molecule has 5 nitrogen and oxygen atoms in total. The highest BCUT2D eigenvalue weighted by Gasteiger charge is 2.22. The van der Waals surface area contributed by atoms with Crippen LogP contribution >= 0.6 is 0 Å². The number of aryl methyl sites for hydroxylation is 1. The van der Waals surface area contributed by atoms with Crippen LogP contribution in [0.15, 0.2) is 23.0 Å². The molecule has 0 amide bonds. The minimum Gasteiger partial charge on any atom is -0.493 e. The maximum Gasteiger partial charge on any atom is 0.198 e. The van der Waals surface area contributed by atoms with E-state index in [9.17, 15) is 4.79 Å². The smallest absolute Gasteiger partial charge is 0.198 e. The van der Waals surface area contributed by atoms with Crippen molar-refractivity contribution in [1.29, 1.82) is 0 Å². The number of benzene rings is 1. The lowest BCUT2D eigenvalue weighted by Crippen LogP contribution is -3.26. The molecule has 3 N–H and O–H groups in total. The first-order valence-electron chi connectivity index (χ1n) is 9.37. The molecule has 0 radical (unpaired) electrons. The van der Waals surface area contributed by atoms with E-state index < -0.39 is 0 Å². The molecule has 0 atom stereocenters. The van der Waals surface area contributed by atoms with Gasteiger partial charge in [0.05, 0.1) is 19.2 Å². The van der Waals surface area contributed by atoms with Gasteiger partial charge in [0.2, 0.25) is 0 Å². The van der Waals surface area contributed by atoms with Crippen LogP contribution in [0.25, 0.3) is 10.9 Å². The Balaban J connectivity index is 1.88. The lowest BCUT2D eigenvalue weighted by molar-refractivity contribution is -1.01. The molecular weight excluding hydrogens is 314 g/mol. The van der Waals surface area contributed by atoms with Crippen molar-refractivity contribution in [2.75, 3.05) is 39.8 Å². The van der Waals surface area contributed by atoms with E-state index in [1.807, 2.05) is 25.1 Å². The molecule has 1 aliphatic rings. The van der Waals surface area contributed by atoms with E-state index >= 15 is 0 Å². The average Bonchev–Trinajstić information content (AvgIpc) is 2.58. The van der Waals surface area contributed by atoms with E-state index in [1.165, 1.54) is 18.0 Å². The van der Waals surface area contributed by atoms with Crippen LogP contribution in [-0.4, -0.2) is 44.8 Å². The van der Waals surface area contributed by atoms with Crippen LogP contribution < -0.4 is 20.0 Å². The highest BCUT2D eigenvalue weighted by Crippen LogP contribution is 2.19. The number of piperazine rings is 1. The van der Waals surface area contributed by atoms with E-state index in [2.05, 4.69) is 25.9 Å². The van der Waals surface area contributed by atoms with Crippen LogP contribution in [0.3, 0.4) is 0 Å². The van der Waals surface area contributed by atoms with Gasteiger partial charge in [-0.1, -0.05) is 13.8 Å². The van der Waals surface area contributed by atoms with Crippen LogP contribution in [0.4, 0.5) is 0 Å². The molecule has 1 aromatic heterocycles. The van der Waals surface area contributed by atoms with Gasteiger partial charge in [-0.3, -0.25) is 4.79 Å². The van der Waals surface area contributed by atoms with Crippen LogP contribution in [0.1, 0.15) is 25.1 Å². The standard InChI is InChI=1S/C20H29N3O2/c1-14(2)13-25-16-5-6-19-17(11-16)20(24)18(15(3)21-19)12-23-9-7-22(4)8-10-23/h5-6,11,14H,7-10,12-13H2,1-4H3,(H,21,24)/p+2. The third-order valence-corrected chi connectivity index (χ3v) is 5.11. The quantitative estimate of drug-likeness (QED) is 0.702. The third kappa shape index (κ3) is 4.22. The fraction of sp³-hybridized carbons (Fsp3) is 0.550. The van der Waals surface area contributed by atoms with E-state index in [1.54, 1.807) is 4.90 Å². The highest BCUT2D eigenvalue weighted by atomic mass is 16.5. The molecule has 0 bridgehead atoms. The monoisotopic (exact) mass is 345 g/mol. The first-order valence-corrected chi connectivity index (χ1v) is 9.37. The van der Waals surface area contributed by atoms with Gasteiger partial charge >= 0.3 is 0 Å². The van der Waals surface area contributed by atoms with E-state index in [0.717, 1.165) is 47.5 Å². The molecule has 0 spiro atoms. The molecule has 25 heavy (non-hydrogen) atoms. The number of likely N-dealkylation sites (N-methyl/N-ethyl adjacent to an activating group) is 1. The maximum atomic E-state index is 13.1. The normalized spacial score (nSPS) is 21.0. The van der Waals surface area contributed by atoms with Gasteiger partial charge in [0.25, 0.3) is 0 Å². The molecule has 0 aliphatic carbocycles. The number of hydrogen-bond donors (Lipinski definition) is 3. The second kappa shape index (κ2) is 7.58. The predicted molar refractivity (Wildman–Crippen MR) is 101 cm³/mol. The fourth-order valence-electron chi connectivity index (χ4n) is 3.45. The second-order valence-corrected chi connectivity index (χ2v) is 7.85. The van der Waals surface area contributed by atoms with Gasteiger partial charge < -0.3 is 19.5 Å². The summed E-state index contributed by atoms with van der Waals surface area (Å²) < 4.78 is 5.80. The number of hydrogen-bond acceptors (Lipinski definition) is 2. The molecule has 5 heteroatoms. The van der Waals surface area contributed by atoms with Crippen molar-refractivity contribution in [2.24, 2.45) is 5.92 Å². The lowest BCUT2D eigenvalue weighted by atomic mass is 10.1. The number of rotatable bonds is 5. The molecule has 1 aromatic carbocycles. The van der Waals surface area contributed by atoms with Crippen LogP contribution in [-0.2, 0) is 6.54 Å². The van der Waals surface area contributed by atoms with Crippen LogP contribution in [0.2, 0.25) is 0 Å². The summed E-state index contributed by atoms with van der Waals surface area (Å²) in [4.78, 5) is 19.6. The number of ether oxygens (including phenoxy) is 1. The molecule has 1 saturated heterocycles. The Morgan fingerprint density at radius 1 is 1.20 bits per heavy atom. The summed E-state index contributed by atoms with van der Waals surface area (Å²) in [6.45, 7) is 12.3. The van der Waals surface area contributed by atoms with Gasteiger partial charge in [-0.2, -0.15) is 0 Å². The zero-order valence-corrected chi connectivity index (χ0v) is 15.9. The first kappa shape index (κ1) is 18.0. The third-order valence-electron chi connectivity index (χ3n) is 5.11. The summed E-state index contributed by atoms with van der Waals surface area (Å²) in [7, 11) is 2.24. The van der Waals surface area contributed by atoms with Crippen molar-refractivity contribution in [3.05, 3.63) is 39.7 Å². The maximum absolute atomic E-state index is 13.1. The summed E-state index contributed by atoms with van der Waals surface area (Å²) in [5.41, 5.74) is 2.95. The van der Waals surface area contributed by atoms with Crippen molar-refractivity contribution in [1.82, 2.24) is 4.98 Å². The van der Waals surface area contributed by atoms with Gasteiger partial charge in [-0.15, -0.1) is 0 Å². The zero-order valence-electron chi connectivity index (χ0n) is 15.9. The summed E-state index contributed by atoms with van der Waals surface area (Å²) in [6, 6.07) is 5.78. The van der Waals surface area contributed by atoms with Crippen molar-refractivity contribution in [3.8, 4) is 5.75 Å². The van der Waals surface area contributed by atoms with Gasteiger partial charge in [-0.25, -0.2) is 0 Å². The Labute approximate surface area is 149 Å². The summed E-state index contributed by atoms with van der Waals surface area (Å²) in [5.74, 6) is 1.24. The van der Waals surface area contributed by atoms with Gasteiger partial charge in [0, 0.05) is 16.6 Å². The topological polar surface area (TPSA) is 51.0 Å². The van der Waals surface area contributed by atoms with Crippen molar-refractivity contribution >= 4 is 10.9 Å². The zero-order chi connectivity index (χ0) is 18.0. The molecule has 0 unspecified atom stereocenters. The molecule has 3 rings (SSSR count). The molecule has 2 aromatic rings. The Kier molecular flexibility index (Phi) is 5.45. The minimum absolute atomic E-state index is 0.153. The largest absolute Gasteiger partial charge is 0.493 e. The molecule has 136 valence electrons. The van der Waals surface area contributed by atoms with Crippen molar-refractivity contribution in [3.63, 3.8) is 0 Å². The number of aromatic amines is 1. The van der Waals surface area contributed by atoms with Crippen LogP contribution in [0, 0.1) is 12.8 Å². The number of aromatic nitrogens is 1. The van der Waals surface area contributed by atoms with E-state index in [-0.39, 0.29) is 5.43 Å². The average molecular weight is 345 g/mol. The SMILES string of the molecule is Cc1[nH]c2ccc(OCC(C)C)cc2c(=O)c1C[NH+]1CC[NH+](C)CC1. The van der Waals surface area contributed by atoms with Gasteiger partial charge in [0.1, 0.15) is 38.5 Å². The first-order chi connectivity index (χ1) is 11.9. The van der Waals surface area contributed by atoms with Crippen LogP contribution in [0.5, 0.6) is 5.75 Å². The number of quaternary nitrogens is 2. The molecule has 1 fully saturated rings. The van der Waals surface area contributed by atoms with Gasteiger partial charge in [0.15, 0.2) is 5.43 Å². The number of nitrogens with one attached hydrogen (secondary N) is 3. The predicted octanol–water partition coefficient (Wildman–Crippen LogP) is -0.215. The summed E-state index contributed by atoms with van der Waals surface area (Å²) >= 11 is 0. The van der Waals surface area contributed by atoms with E-state index in [4.69, 9.17) is 4.74 Å². The molecule has 0 saturated carbocycles. The molecule has 2 heterocycles. The number of pyridine rings is 1. The molecule has 1 aliphatic heterocycles. The van der Waals surface area contributed by atoms with E-state index in [0.29, 0.717) is 12.5 Å². The second-order valence-electron chi connectivity index (χ2n) is 7.85. The summed E-state index contributed by atoms with van der Waals surface area (Å²) in [6.07, 6.45) is 0. The number of H-pyrrole nitrogens is 1. The Bertz CT molecular complexity index is 789. The molecular formula is C20H31N3O2+2. The Hall–Kier alpha value is -1.85. The number of fused-ring (bicyclic) bond motifs is 1. The minimum atomic E-state index is 0.153. The highest BCUT2D eigenvalue weighted by molar-refractivity contribution is 5.81. The van der Waals surface area contributed by atoms with Crippen molar-refractivity contribution < 1.29 is 14.5 Å². The summed E-state index contributed by atoms with van der Waals surface area (Å²) in [5, 5.41) is 0.737. The Morgan fingerprint density at radius 3 is 2.60 bits per heavy atom. The Morgan fingerprint density at radius 2 is 1.92 bits per heavy atom.